The maximum Gasteiger partial charge on any atom is 0.333 e. The third kappa shape index (κ3) is 36.6. The Kier molecular flexibility index (Phi) is 32.3. The molecule has 0 saturated heterocycles. The Morgan fingerprint density at radius 2 is 0.898 bits per heavy atom. The number of carbonyl (C=O) groups is 2. The molecule has 0 heterocycles. The average molecular weight is 719 g/mol. The van der Waals surface area contributed by atoms with Crippen molar-refractivity contribution in [3.05, 3.63) is 0 Å². The van der Waals surface area contributed by atoms with Crippen molar-refractivity contribution in [3.63, 3.8) is 0 Å². The summed E-state index contributed by atoms with van der Waals surface area (Å²) in [5, 5.41) is 0. The van der Waals surface area contributed by atoms with Crippen LogP contribution in [0.15, 0.2) is 0 Å². The van der Waals surface area contributed by atoms with E-state index in [2.05, 4.69) is 13.8 Å². The van der Waals surface area contributed by atoms with E-state index in [0.29, 0.717) is 17.4 Å². The molecule has 9 heteroatoms. The molecule has 0 aliphatic rings. The van der Waals surface area contributed by atoms with Gasteiger partial charge in [-0.3, -0.25) is 14.2 Å². The Morgan fingerprint density at radius 3 is 1.27 bits per heavy atom. The topological polar surface area (TPSA) is 99.1 Å². The molecule has 0 rings (SSSR count). The van der Waals surface area contributed by atoms with Gasteiger partial charge in [-0.25, -0.2) is 0 Å². The van der Waals surface area contributed by atoms with Gasteiger partial charge < -0.3 is 23.4 Å². The first-order chi connectivity index (χ1) is 23.5. The molecule has 0 aromatic heterocycles. The van der Waals surface area contributed by atoms with Gasteiger partial charge in [-0.2, -0.15) is 0 Å². The lowest BCUT2D eigenvalue weighted by Gasteiger charge is -2.25. The van der Waals surface area contributed by atoms with Crippen molar-refractivity contribution in [2.75, 3.05) is 47.1 Å². The monoisotopic (exact) mass is 719 g/mol. The predicted octanol–water partition coefficient (Wildman–Crippen LogP) is 11.3. The molecule has 0 aliphatic heterocycles. The number of hydrogen-bond acceptors (Lipinski definition) is 6. The Balaban J connectivity index is 4.33. The second-order valence-corrected chi connectivity index (χ2v) is 17.4. The minimum atomic E-state index is -3.88. The maximum absolute atomic E-state index is 12.6. The van der Waals surface area contributed by atoms with Gasteiger partial charge in [0, 0.05) is 12.8 Å². The average Bonchev–Trinajstić information content (AvgIpc) is 3.05. The van der Waals surface area contributed by atoms with Gasteiger partial charge in [-0.15, -0.1) is 0 Å². The quantitative estimate of drug-likeness (QED) is 0.0295. The van der Waals surface area contributed by atoms with E-state index < -0.39 is 13.7 Å². The minimum absolute atomic E-state index is 0.00500. The fraction of sp³-hybridized carbons (Fsp3) is 0.950. The first-order valence-electron chi connectivity index (χ1n) is 20.6. The van der Waals surface area contributed by atoms with Crippen LogP contribution >= 0.6 is 7.60 Å². The zero-order chi connectivity index (χ0) is 36.5. The molecule has 0 amide bonds. The number of esters is 2. The van der Waals surface area contributed by atoms with Crippen LogP contribution in [0.2, 0.25) is 0 Å². The van der Waals surface area contributed by atoms with E-state index in [-0.39, 0.29) is 37.7 Å². The van der Waals surface area contributed by atoms with Crippen LogP contribution in [0.5, 0.6) is 0 Å². The molecule has 49 heavy (non-hydrogen) atoms. The second-order valence-electron chi connectivity index (χ2n) is 15.5. The highest BCUT2D eigenvalue weighted by Crippen LogP contribution is 2.42. The minimum Gasteiger partial charge on any atom is -0.462 e. The van der Waals surface area contributed by atoms with Crippen LogP contribution in [0.1, 0.15) is 194 Å². The van der Waals surface area contributed by atoms with E-state index in [1.54, 1.807) is 0 Å². The molecule has 2 atom stereocenters. The first kappa shape index (κ1) is 48.0. The van der Waals surface area contributed by atoms with E-state index in [1.807, 2.05) is 21.1 Å². The van der Waals surface area contributed by atoms with Crippen LogP contribution < -0.4 is 0 Å². The molecule has 0 fully saturated rings. The van der Waals surface area contributed by atoms with Crippen LogP contribution in [0, 0.1) is 0 Å². The SMILES string of the molecule is CCCCCCCCCCCCCCCC(=O)OC[C@H](COP(=O)(O)CC[N+](C)(C)C)OC(=O)CCCCCCCCCCCCCCC. The number of unbranched alkanes of at least 4 members (excludes halogenated alkanes) is 24. The molecule has 1 unspecified atom stereocenters. The smallest absolute Gasteiger partial charge is 0.333 e. The van der Waals surface area contributed by atoms with Crippen LogP contribution in [0.25, 0.3) is 0 Å². The summed E-state index contributed by atoms with van der Waals surface area (Å²) in [7, 11) is 1.95. The third-order valence-electron chi connectivity index (χ3n) is 9.21. The summed E-state index contributed by atoms with van der Waals surface area (Å²) < 4.78 is 29.5. The van der Waals surface area contributed by atoms with Gasteiger partial charge >= 0.3 is 19.5 Å². The van der Waals surface area contributed by atoms with Crippen molar-refractivity contribution in [3.8, 4) is 0 Å². The molecule has 0 spiro atoms. The summed E-state index contributed by atoms with van der Waals surface area (Å²) in [6.45, 7) is 4.52. The van der Waals surface area contributed by atoms with Crippen LogP contribution in [-0.2, 0) is 28.2 Å². The molecule has 0 aromatic rings. The molecule has 0 radical (unpaired) electrons. The van der Waals surface area contributed by atoms with Crippen molar-refractivity contribution in [2.45, 2.75) is 200 Å². The lowest BCUT2D eigenvalue weighted by Crippen LogP contribution is -2.37. The first-order valence-corrected chi connectivity index (χ1v) is 22.4. The van der Waals surface area contributed by atoms with Crippen LogP contribution in [0.3, 0.4) is 0 Å². The van der Waals surface area contributed by atoms with Crippen molar-refractivity contribution in [1.29, 1.82) is 0 Å². The number of rotatable bonds is 37. The number of carbonyl (C=O) groups excluding carboxylic acids is 2. The van der Waals surface area contributed by atoms with Crippen molar-refractivity contribution in [1.82, 2.24) is 0 Å². The Hall–Kier alpha value is -0.950. The molecular weight excluding hydrogens is 637 g/mol. The number of nitrogens with zero attached hydrogens (tertiary/aromatic N) is 1. The Labute approximate surface area is 303 Å². The van der Waals surface area contributed by atoms with Gasteiger partial charge in [0.2, 0.25) is 0 Å². The predicted molar refractivity (Wildman–Crippen MR) is 205 cm³/mol. The van der Waals surface area contributed by atoms with Crippen molar-refractivity contribution < 1.29 is 37.5 Å². The molecule has 0 bridgehead atoms. The lowest BCUT2D eigenvalue weighted by molar-refractivity contribution is -0.867. The highest BCUT2D eigenvalue weighted by atomic mass is 31.2. The summed E-state index contributed by atoms with van der Waals surface area (Å²) in [6, 6.07) is 0. The number of ether oxygens (including phenoxy) is 2. The molecular formula is C40H81NO7P+. The Morgan fingerprint density at radius 1 is 0.551 bits per heavy atom. The van der Waals surface area contributed by atoms with Crippen LogP contribution in [0.4, 0.5) is 0 Å². The van der Waals surface area contributed by atoms with Crippen molar-refractivity contribution >= 4 is 19.5 Å². The standard InChI is InChI=1S/C40H80NO7P/c1-6-8-10-12-14-16-18-20-22-24-26-28-30-32-39(42)46-36-38(37-47-49(44,45)35-34-41(3,4)5)48-40(43)33-31-29-27-25-23-21-19-17-15-13-11-9-7-2/h38H,6-37H2,1-5H3/p+1/t38-/m1/s1. The van der Waals surface area contributed by atoms with E-state index in [1.165, 1.54) is 128 Å². The number of quaternary nitrogens is 1. The fourth-order valence-electron chi connectivity index (χ4n) is 5.88. The van der Waals surface area contributed by atoms with Gasteiger partial charge in [-0.05, 0) is 12.8 Å². The molecule has 0 saturated carbocycles. The Bertz CT molecular complexity index is 817. The van der Waals surface area contributed by atoms with Gasteiger partial charge in [0.15, 0.2) is 6.10 Å². The third-order valence-corrected chi connectivity index (χ3v) is 10.5. The highest BCUT2D eigenvalue weighted by Gasteiger charge is 2.27. The lowest BCUT2D eigenvalue weighted by atomic mass is 10.0. The molecule has 0 aromatic carbocycles. The summed E-state index contributed by atoms with van der Waals surface area (Å²) in [4.78, 5) is 35.4. The summed E-state index contributed by atoms with van der Waals surface area (Å²) in [5.74, 6) is -0.721. The molecule has 292 valence electrons. The summed E-state index contributed by atoms with van der Waals surface area (Å²) in [5.41, 5.74) is 0. The second kappa shape index (κ2) is 32.9. The molecule has 1 N–H and O–H groups in total. The summed E-state index contributed by atoms with van der Waals surface area (Å²) in [6.07, 6.45) is 31.8. The normalized spacial score (nSPS) is 13.7. The highest BCUT2D eigenvalue weighted by molar-refractivity contribution is 7.52. The molecule has 0 aliphatic carbocycles. The van der Waals surface area contributed by atoms with Gasteiger partial charge in [0.25, 0.3) is 0 Å². The zero-order valence-electron chi connectivity index (χ0n) is 33.0. The maximum atomic E-state index is 12.6. The molecule has 8 nitrogen and oxygen atoms in total. The number of hydrogen-bond donors (Lipinski definition) is 1. The van der Waals surface area contributed by atoms with E-state index in [0.717, 1.165) is 38.5 Å². The van der Waals surface area contributed by atoms with E-state index >= 15 is 0 Å². The van der Waals surface area contributed by atoms with Crippen LogP contribution in [-0.4, -0.2) is 74.5 Å². The fourth-order valence-corrected chi connectivity index (χ4v) is 7.26. The van der Waals surface area contributed by atoms with Crippen molar-refractivity contribution in [2.24, 2.45) is 0 Å². The van der Waals surface area contributed by atoms with E-state index in [9.17, 15) is 19.0 Å². The van der Waals surface area contributed by atoms with Gasteiger partial charge in [-0.1, -0.05) is 168 Å². The summed E-state index contributed by atoms with van der Waals surface area (Å²) >= 11 is 0. The van der Waals surface area contributed by atoms with Gasteiger partial charge in [0.1, 0.15) is 6.61 Å². The zero-order valence-corrected chi connectivity index (χ0v) is 33.9. The largest absolute Gasteiger partial charge is 0.462 e. The van der Waals surface area contributed by atoms with Gasteiger partial charge in [0.05, 0.1) is 40.5 Å². The van der Waals surface area contributed by atoms with E-state index in [4.69, 9.17) is 14.0 Å².